The third kappa shape index (κ3) is 1.66. The Morgan fingerprint density at radius 3 is 2.20 bits per heavy atom. The van der Waals surface area contributed by atoms with Gasteiger partial charge in [-0.3, -0.25) is 0 Å². The summed E-state index contributed by atoms with van der Waals surface area (Å²) in [5.74, 6) is 0. The molecule has 0 aliphatic heterocycles. The fourth-order valence-corrected chi connectivity index (χ4v) is 1.45. The molecule has 0 bridgehead atoms. The van der Waals surface area contributed by atoms with Crippen LogP contribution in [-0.2, 0) is 3.74 Å². The van der Waals surface area contributed by atoms with Crippen LogP contribution in [0.2, 0.25) is 0 Å². The van der Waals surface area contributed by atoms with Crippen LogP contribution in [-0.4, -0.2) is 19.0 Å². The number of rotatable bonds is 1. The van der Waals surface area contributed by atoms with Crippen molar-refractivity contribution in [2.24, 2.45) is 0 Å². The van der Waals surface area contributed by atoms with Crippen molar-refractivity contribution < 1.29 is 7.84 Å². The molecule has 1 unspecified atom stereocenters. The van der Waals surface area contributed by atoms with Crippen LogP contribution in [0.1, 0.15) is 0 Å². The zero-order valence-corrected chi connectivity index (χ0v) is 7.07. The number of nitrogens with two attached hydrogens (primary N) is 1. The van der Waals surface area contributed by atoms with Crippen LogP contribution in [0.5, 0.6) is 0 Å². The van der Waals surface area contributed by atoms with E-state index < -0.39 is 14.9 Å². The first-order valence-electron chi connectivity index (χ1n) is 2.72. The maximum absolute atomic E-state index is 10.5. The second kappa shape index (κ2) is 2.95. The number of nitrogen functional groups attached to an aromatic ring is 1. The van der Waals surface area contributed by atoms with Crippen LogP contribution >= 0.6 is 0 Å². The summed E-state index contributed by atoms with van der Waals surface area (Å²) < 4.78 is 19.7. The quantitative estimate of drug-likeness (QED) is 0.469. The second-order valence-electron chi connectivity index (χ2n) is 1.86. The minimum atomic E-state index is -2.92. The normalized spacial score (nSPS) is 11.1. The van der Waals surface area contributed by atoms with E-state index in [1.54, 1.807) is 24.3 Å². The molecule has 1 rings (SSSR count). The van der Waals surface area contributed by atoms with Gasteiger partial charge in [0.15, 0.2) is 0 Å². The van der Waals surface area contributed by atoms with Crippen molar-refractivity contribution in [1.29, 1.82) is 0 Å². The van der Waals surface area contributed by atoms with Crippen LogP contribution in [0.4, 0.5) is 5.69 Å². The first-order valence-corrected chi connectivity index (χ1v) is 5.26. The Labute approximate surface area is 63.3 Å². The summed E-state index contributed by atoms with van der Waals surface area (Å²) in [6.07, 6.45) is 0. The summed E-state index contributed by atoms with van der Waals surface area (Å²) >= 11 is -2.92. The van der Waals surface area contributed by atoms with E-state index >= 15 is 0 Å². The Hall–Kier alpha value is -0.662. The fraction of sp³-hybridized carbons (Fsp3) is 0. The summed E-state index contributed by atoms with van der Waals surface area (Å²) in [6.45, 7) is 0. The van der Waals surface area contributed by atoms with Gasteiger partial charge in [0.05, 0.1) is 0 Å². The third-order valence-corrected chi connectivity index (χ3v) is 2.67. The number of hydrogen-bond donors (Lipinski definition) is 2. The van der Waals surface area contributed by atoms with Crippen molar-refractivity contribution in [3.8, 4) is 0 Å². The Morgan fingerprint density at radius 2 is 1.80 bits per heavy atom. The van der Waals surface area contributed by atoms with Crippen LogP contribution in [0.15, 0.2) is 24.3 Å². The van der Waals surface area contributed by atoms with Crippen molar-refractivity contribution in [2.45, 2.75) is 0 Å². The molecule has 0 spiro atoms. The van der Waals surface area contributed by atoms with Crippen LogP contribution in [0.25, 0.3) is 0 Å². The Kier molecular flexibility index (Phi) is 2.20. The minimum absolute atomic E-state index is 0.488. The Balaban J connectivity index is 3.00. The molecule has 1 radical (unpaired) electrons. The SMILES string of the molecule is Nc1ccc([As](=O)O)cc1. The molecule has 0 saturated carbocycles. The average Bonchev–Trinajstić information content (AvgIpc) is 1.88. The van der Waals surface area contributed by atoms with Gasteiger partial charge in [-0.2, -0.15) is 0 Å². The van der Waals surface area contributed by atoms with E-state index in [1.165, 1.54) is 0 Å². The van der Waals surface area contributed by atoms with Crippen molar-refractivity contribution >= 4 is 25.0 Å². The van der Waals surface area contributed by atoms with Gasteiger partial charge in [0.1, 0.15) is 0 Å². The summed E-state index contributed by atoms with van der Waals surface area (Å²) in [6, 6.07) is 6.38. The van der Waals surface area contributed by atoms with Crippen molar-refractivity contribution in [2.75, 3.05) is 5.73 Å². The predicted molar refractivity (Wildman–Crippen MR) is 39.1 cm³/mol. The van der Waals surface area contributed by atoms with Crippen molar-refractivity contribution in [1.82, 2.24) is 0 Å². The summed E-state index contributed by atoms with van der Waals surface area (Å²) in [4.78, 5) is 0. The molecule has 1 atom stereocenters. The van der Waals surface area contributed by atoms with Gasteiger partial charge < -0.3 is 0 Å². The molecule has 0 heterocycles. The van der Waals surface area contributed by atoms with Crippen molar-refractivity contribution in [3.05, 3.63) is 24.3 Å². The molecule has 10 heavy (non-hydrogen) atoms. The van der Waals surface area contributed by atoms with Gasteiger partial charge in [-0.15, -0.1) is 0 Å². The monoisotopic (exact) mass is 200 g/mol. The molecule has 1 aromatic carbocycles. The van der Waals surface area contributed by atoms with E-state index in [2.05, 4.69) is 0 Å². The molecule has 53 valence electrons. The van der Waals surface area contributed by atoms with E-state index in [1.807, 2.05) is 0 Å². The van der Waals surface area contributed by atoms with Crippen LogP contribution in [0.3, 0.4) is 0 Å². The summed E-state index contributed by atoms with van der Waals surface area (Å²) in [7, 11) is 0. The molecule has 0 amide bonds. The molecule has 4 heteroatoms. The standard InChI is InChI=1S/C6H7AsNO2/c8-6-3-1-5(2-4-6)7(9)10/h1-4H,8H2,(H,9,10). The number of benzene rings is 1. The molecule has 3 nitrogen and oxygen atoms in total. The van der Waals surface area contributed by atoms with Crippen LogP contribution < -0.4 is 10.1 Å². The molecular formula is C6H7AsNO2. The summed E-state index contributed by atoms with van der Waals surface area (Å²) in [5, 5.41) is 0. The molecular weight excluding hydrogens is 193 g/mol. The Morgan fingerprint density at radius 1 is 1.30 bits per heavy atom. The van der Waals surface area contributed by atoms with E-state index in [0.717, 1.165) is 0 Å². The van der Waals surface area contributed by atoms with Gasteiger partial charge in [-0.05, 0) is 0 Å². The van der Waals surface area contributed by atoms with E-state index in [9.17, 15) is 3.74 Å². The van der Waals surface area contributed by atoms with Gasteiger partial charge in [0.25, 0.3) is 0 Å². The first-order chi connectivity index (χ1) is 4.70. The molecule has 0 fully saturated rings. The van der Waals surface area contributed by atoms with Gasteiger partial charge in [0.2, 0.25) is 0 Å². The fourth-order valence-electron chi connectivity index (χ4n) is 0.602. The van der Waals surface area contributed by atoms with Crippen molar-refractivity contribution in [3.63, 3.8) is 0 Å². The molecule has 3 N–H and O–H groups in total. The second-order valence-corrected chi connectivity index (χ2v) is 4.09. The zero-order chi connectivity index (χ0) is 7.56. The van der Waals surface area contributed by atoms with Gasteiger partial charge in [-0.25, -0.2) is 0 Å². The predicted octanol–water partition coefficient (Wildman–Crippen LogP) is -0.613. The maximum atomic E-state index is 10.5. The van der Waals surface area contributed by atoms with Gasteiger partial charge in [0, 0.05) is 0 Å². The number of anilines is 1. The average molecular weight is 200 g/mol. The van der Waals surface area contributed by atoms with E-state index in [-0.39, 0.29) is 0 Å². The molecule has 1 aromatic rings. The Bertz CT molecular complexity index is 244. The van der Waals surface area contributed by atoms with E-state index in [0.29, 0.717) is 10.0 Å². The summed E-state index contributed by atoms with van der Waals surface area (Å²) in [5.41, 5.74) is 5.97. The van der Waals surface area contributed by atoms with E-state index in [4.69, 9.17) is 9.83 Å². The van der Waals surface area contributed by atoms with Gasteiger partial charge in [-0.1, -0.05) is 0 Å². The molecule has 0 aliphatic carbocycles. The molecule has 0 aromatic heterocycles. The topological polar surface area (TPSA) is 63.3 Å². The van der Waals surface area contributed by atoms with Gasteiger partial charge >= 0.3 is 62.8 Å². The molecule has 0 saturated heterocycles. The third-order valence-electron chi connectivity index (χ3n) is 1.11. The zero-order valence-electron chi connectivity index (χ0n) is 5.19. The number of hydrogen-bond acceptors (Lipinski definition) is 2. The van der Waals surface area contributed by atoms with Crippen LogP contribution in [0, 0.1) is 0 Å². The first kappa shape index (κ1) is 7.45. The molecule has 0 aliphatic rings.